The van der Waals surface area contributed by atoms with Crippen LogP contribution < -0.4 is 0 Å². The Morgan fingerprint density at radius 2 is 1.56 bits per heavy atom. The molecule has 0 aliphatic rings. The predicted molar refractivity (Wildman–Crippen MR) is 101 cm³/mol. The molecule has 0 aliphatic carbocycles. The van der Waals surface area contributed by atoms with Crippen molar-refractivity contribution in [2.24, 2.45) is 0 Å². The average Bonchev–Trinajstić information content (AvgIpc) is 2.60. The smallest absolute Gasteiger partial charge is 0.243 e. The molecule has 0 amide bonds. The Bertz CT molecular complexity index is 772. The van der Waals surface area contributed by atoms with Crippen LogP contribution in [-0.4, -0.2) is 39.8 Å². The highest BCUT2D eigenvalue weighted by molar-refractivity contribution is 9.10. The third-order valence-corrected chi connectivity index (χ3v) is 6.16. The van der Waals surface area contributed by atoms with Crippen LogP contribution in [-0.2, 0) is 26.0 Å². The highest BCUT2D eigenvalue weighted by Gasteiger charge is 2.27. The van der Waals surface area contributed by atoms with Crippen LogP contribution in [0.25, 0.3) is 0 Å². The minimum Gasteiger partial charge on any atom is -0.354 e. The molecule has 2 rings (SSSR count). The Morgan fingerprint density at radius 3 is 2.08 bits per heavy atom. The van der Waals surface area contributed by atoms with E-state index in [4.69, 9.17) is 9.47 Å². The van der Waals surface area contributed by atoms with Crippen molar-refractivity contribution in [3.8, 4) is 0 Å². The fourth-order valence-electron chi connectivity index (χ4n) is 2.31. The molecule has 0 aliphatic heterocycles. The van der Waals surface area contributed by atoms with Crippen molar-refractivity contribution >= 4 is 26.0 Å². The molecular formula is C18H22BrNO4S. The normalized spacial score (nSPS) is 12.1. The lowest BCUT2D eigenvalue weighted by molar-refractivity contribution is -0.108. The molecule has 0 heterocycles. The molecule has 0 saturated carbocycles. The summed E-state index contributed by atoms with van der Waals surface area (Å²) < 4.78 is 38.9. The summed E-state index contributed by atoms with van der Waals surface area (Å²) in [5.41, 5.74) is 1.88. The van der Waals surface area contributed by atoms with Gasteiger partial charge in [0.1, 0.15) is 0 Å². The number of ether oxygens (including phenoxy) is 2. The largest absolute Gasteiger partial charge is 0.354 e. The van der Waals surface area contributed by atoms with E-state index < -0.39 is 16.3 Å². The van der Waals surface area contributed by atoms with Crippen molar-refractivity contribution in [1.29, 1.82) is 0 Å². The summed E-state index contributed by atoms with van der Waals surface area (Å²) >= 11 is 3.39. The Kier molecular flexibility index (Phi) is 7.15. The number of sulfonamides is 1. The van der Waals surface area contributed by atoms with E-state index in [0.29, 0.717) is 0 Å². The van der Waals surface area contributed by atoms with Gasteiger partial charge in [0, 0.05) is 25.2 Å². The van der Waals surface area contributed by atoms with Crippen molar-refractivity contribution in [2.45, 2.75) is 24.7 Å². The van der Waals surface area contributed by atoms with E-state index in [2.05, 4.69) is 15.9 Å². The topological polar surface area (TPSA) is 55.8 Å². The van der Waals surface area contributed by atoms with E-state index in [1.807, 2.05) is 31.2 Å². The van der Waals surface area contributed by atoms with Gasteiger partial charge >= 0.3 is 0 Å². The number of nitrogens with zero attached hydrogens (tertiary/aromatic N) is 1. The van der Waals surface area contributed by atoms with Gasteiger partial charge in [0.25, 0.3) is 0 Å². The molecule has 0 saturated heterocycles. The number of halogens is 1. The average molecular weight is 428 g/mol. The molecule has 7 heteroatoms. The molecule has 136 valence electrons. The molecule has 0 unspecified atom stereocenters. The van der Waals surface area contributed by atoms with E-state index in [9.17, 15) is 8.42 Å². The van der Waals surface area contributed by atoms with E-state index in [1.54, 1.807) is 24.3 Å². The molecule has 0 N–H and O–H groups in total. The first kappa shape index (κ1) is 20.1. The first-order valence-electron chi connectivity index (χ1n) is 7.73. The summed E-state index contributed by atoms with van der Waals surface area (Å²) in [5, 5.41) is 0. The minimum atomic E-state index is -3.68. The fourth-order valence-corrected chi connectivity index (χ4v) is 3.99. The van der Waals surface area contributed by atoms with Crippen LogP contribution in [0.15, 0.2) is 57.9 Å². The lowest BCUT2D eigenvalue weighted by Crippen LogP contribution is -2.38. The van der Waals surface area contributed by atoms with Crippen molar-refractivity contribution in [2.75, 3.05) is 20.8 Å². The SMILES string of the molecule is COC(CN(Cc1ccc(Br)cc1)S(=O)(=O)c1ccc(C)cc1)OC. The summed E-state index contributed by atoms with van der Waals surface area (Å²) in [6, 6.07) is 14.4. The lowest BCUT2D eigenvalue weighted by atomic mass is 10.2. The summed E-state index contributed by atoms with van der Waals surface area (Å²) in [4.78, 5) is 0.251. The van der Waals surface area contributed by atoms with Crippen LogP contribution in [0.3, 0.4) is 0 Å². The molecule has 0 bridgehead atoms. The summed E-state index contributed by atoms with van der Waals surface area (Å²) in [5.74, 6) is 0. The van der Waals surface area contributed by atoms with Crippen molar-refractivity contribution in [3.63, 3.8) is 0 Å². The number of methoxy groups -OCH3 is 2. The molecule has 0 atom stereocenters. The molecule has 25 heavy (non-hydrogen) atoms. The Hall–Kier alpha value is -1.25. The summed E-state index contributed by atoms with van der Waals surface area (Å²) in [6.45, 7) is 2.24. The Morgan fingerprint density at radius 1 is 1.00 bits per heavy atom. The third kappa shape index (κ3) is 5.36. The summed E-state index contributed by atoms with van der Waals surface area (Å²) in [7, 11) is -0.699. The molecular weight excluding hydrogens is 406 g/mol. The van der Waals surface area contributed by atoms with Crippen LogP contribution in [0, 0.1) is 6.92 Å². The fraction of sp³-hybridized carbons (Fsp3) is 0.333. The van der Waals surface area contributed by atoms with Crippen molar-refractivity contribution < 1.29 is 17.9 Å². The van der Waals surface area contributed by atoms with E-state index in [-0.39, 0.29) is 18.0 Å². The van der Waals surface area contributed by atoms with Crippen LogP contribution >= 0.6 is 15.9 Å². The molecule has 0 radical (unpaired) electrons. The first-order valence-corrected chi connectivity index (χ1v) is 9.97. The van der Waals surface area contributed by atoms with Gasteiger partial charge in [0.2, 0.25) is 10.0 Å². The molecule has 0 aromatic heterocycles. The number of hydrogen-bond acceptors (Lipinski definition) is 4. The van der Waals surface area contributed by atoms with E-state index in [1.165, 1.54) is 18.5 Å². The zero-order valence-electron chi connectivity index (χ0n) is 14.5. The van der Waals surface area contributed by atoms with Crippen LogP contribution in [0.4, 0.5) is 0 Å². The van der Waals surface area contributed by atoms with Gasteiger partial charge < -0.3 is 9.47 Å². The van der Waals surface area contributed by atoms with Crippen LogP contribution in [0.2, 0.25) is 0 Å². The maximum absolute atomic E-state index is 13.1. The zero-order chi connectivity index (χ0) is 18.4. The van der Waals surface area contributed by atoms with Crippen molar-refractivity contribution in [3.05, 3.63) is 64.1 Å². The number of benzene rings is 2. The van der Waals surface area contributed by atoms with Crippen molar-refractivity contribution in [1.82, 2.24) is 4.31 Å². The van der Waals surface area contributed by atoms with Gasteiger partial charge in [-0.3, -0.25) is 0 Å². The number of rotatable bonds is 8. The highest BCUT2D eigenvalue weighted by atomic mass is 79.9. The predicted octanol–water partition coefficient (Wildman–Crippen LogP) is 3.57. The van der Waals surface area contributed by atoms with Crippen LogP contribution in [0.5, 0.6) is 0 Å². The number of hydrogen-bond donors (Lipinski definition) is 0. The third-order valence-electron chi connectivity index (χ3n) is 3.81. The second-order valence-corrected chi connectivity index (χ2v) is 8.49. The van der Waals surface area contributed by atoms with Gasteiger partial charge in [-0.05, 0) is 36.8 Å². The zero-order valence-corrected chi connectivity index (χ0v) is 16.9. The first-order chi connectivity index (χ1) is 11.9. The lowest BCUT2D eigenvalue weighted by Gasteiger charge is -2.26. The molecule has 0 fully saturated rings. The van der Waals surface area contributed by atoms with Gasteiger partial charge in [-0.15, -0.1) is 0 Å². The maximum atomic E-state index is 13.1. The van der Waals surface area contributed by atoms with Crippen LogP contribution in [0.1, 0.15) is 11.1 Å². The second-order valence-electron chi connectivity index (χ2n) is 5.64. The quantitative estimate of drug-likeness (QED) is 0.604. The second kappa shape index (κ2) is 8.91. The highest BCUT2D eigenvalue weighted by Crippen LogP contribution is 2.21. The maximum Gasteiger partial charge on any atom is 0.243 e. The monoisotopic (exact) mass is 427 g/mol. The standard InChI is InChI=1S/C18H22BrNO4S/c1-14-4-10-17(11-5-14)25(21,22)20(13-18(23-2)24-3)12-15-6-8-16(19)9-7-15/h4-11,18H,12-13H2,1-3H3. The molecule has 2 aromatic carbocycles. The van der Waals surface area contributed by atoms with E-state index in [0.717, 1.165) is 15.6 Å². The van der Waals surface area contributed by atoms with Gasteiger partial charge in [0.05, 0.1) is 11.4 Å². The summed E-state index contributed by atoms with van der Waals surface area (Å²) in [6.07, 6.45) is -0.643. The molecule has 2 aromatic rings. The van der Waals surface area contributed by atoms with Gasteiger partial charge in [-0.25, -0.2) is 8.42 Å². The minimum absolute atomic E-state index is 0.0965. The van der Waals surface area contributed by atoms with E-state index >= 15 is 0 Å². The van der Waals surface area contributed by atoms with Gasteiger partial charge in [-0.2, -0.15) is 4.31 Å². The Balaban J connectivity index is 2.35. The molecule has 0 spiro atoms. The molecule has 5 nitrogen and oxygen atoms in total. The number of aryl methyl sites for hydroxylation is 1. The van der Waals surface area contributed by atoms with Gasteiger partial charge in [0.15, 0.2) is 6.29 Å². The Labute approximate surface area is 157 Å². The van der Waals surface area contributed by atoms with Gasteiger partial charge in [-0.1, -0.05) is 45.8 Å².